The number of carbonyl (C=O) groups is 1. The third-order valence-corrected chi connectivity index (χ3v) is 3.57. The van der Waals surface area contributed by atoms with Crippen LogP contribution in [0.4, 0.5) is 15.8 Å². The Labute approximate surface area is 116 Å². The first-order valence-corrected chi connectivity index (χ1v) is 6.57. The predicted molar refractivity (Wildman–Crippen MR) is 77.0 cm³/mol. The average molecular weight is 270 g/mol. The maximum Gasteiger partial charge on any atom is 0.231 e. The van der Waals surface area contributed by atoms with Crippen LogP contribution in [0, 0.1) is 5.82 Å². The molecule has 0 unspecified atom stereocenters. The molecule has 0 atom stereocenters. The SMILES string of the molecule is Nc1ccc2c(c1)CCN2C(=O)Cc1ccc(F)cc1. The van der Waals surface area contributed by atoms with Crippen molar-refractivity contribution < 1.29 is 9.18 Å². The van der Waals surface area contributed by atoms with Crippen molar-refractivity contribution in [1.29, 1.82) is 0 Å². The largest absolute Gasteiger partial charge is 0.399 e. The van der Waals surface area contributed by atoms with Crippen LogP contribution in [0.15, 0.2) is 42.5 Å². The zero-order valence-electron chi connectivity index (χ0n) is 11.0. The van der Waals surface area contributed by atoms with Gasteiger partial charge in [-0.2, -0.15) is 0 Å². The fraction of sp³-hybridized carbons (Fsp3) is 0.188. The summed E-state index contributed by atoms with van der Waals surface area (Å²) < 4.78 is 12.9. The van der Waals surface area contributed by atoms with Gasteiger partial charge in [-0.3, -0.25) is 4.79 Å². The molecule has 1 heterocycles. The molecule has 2 N–H and O–H groups in total. The zero-order chi connectivity index (χ0) is 14.1. The van der Waals surface area contributed by atoms with Gasteiger partial charge < -0.3 is 10.6 Å². The summed E-state index contributed by atoms with van der Waals surface area (Å²) >= 11 is 0. The normalized spacial score (nSPS) is 13.3. The Balaban J connectivity index is 1.78. The number of nitrogens with zero attached hydrogens (tertiary/aromatic N) is 1. The molecule has 1 amide bonds. The van der Waals surface area contributed by atoms with Crippen molar-refractivity contribution in [3.8, 4) is 0 Å². The summed E-state index contributed by atoms with van der Waals surface area (Å²) in [5.41, 5.74) is 9.34. The van der Waals surface area contributed by atoms with Gasteiger partial charge in [-0.25, -0.2) is 4.39 Å². The molecule has 0 saturated heterocycles. The van der Waals surface area contributed by atoms with Crippen molar-refractivity contribution in [2.24, 2.45) is 0 Å². The summed E-state index contributed by atoms with van der Waals surface area (Å²) in [7, 11) is 0. The summed E-state index contributed by atoms with van der Waals surface area (Å²) in [6, 6.07) is 11.7. The topological polar surface area (TPSA) is 46.3 Å². The average Bonchev–Trinajstić information content (AvgIpc) is 2.84. The van der Waals surface area contributed by atoms with Crippen molar-refractivity contribution in [3.63, 3.8) is 0 Å². The van der Waals surface area contributed by atoms with E-state index in [9.17, 15) is 9.18 Å². The van der Waals surface area contributed by atoms with Crippen LogP contribution in [0.25, 0.3) is 0 Å². The van der Waals surface area contributed by atoms with E-state index in [1.54, 1.807) is 17.0 Å². The molecule has 2 aromatic rings. The van der Waals surface area contributed by atoms with Crippen LogP contribution < -0.4 is 10.6 Å². The Morgan fingerprint density at radius 2 is 1.95 bits per heavy atom. The fourth-order valence-electron chi connectivity index (χ4n) is 2.55. The van der Waals surface area contributed by atoms with Crippen molar-refractivity contribution in [1.82, 2.24) is 0 Å². The molecule has 2 aromatic carbocycles. The number of hydrogen-bond acceptors (Lipinski definition) is 2. The Morgan fingerprint density at radius 3 is 2.70 bits per heavy atom. The first kappa shape index (κ1) is 12.7. The minimum Gasteiger partial charge on any atom is -0.399 e. The van der Waals surface area contributed by atoms with E-state index < -0.39 is 0 Å². The van der Waals surface area contributed by atoms with Gasteiger partial charge in [0.1, 0.15) is 5.82 Å². The molecular formula is C16H15FN2O. The highest BCUT2D eigenvalue weighted by atomic mass is 19.1. The van der Waals surface area contributed by atoms with Gasteiger partial charge in [0.25, 0.3) is 0 Å². The lowest BCUT2D eigenvalue weighted by Gasteiger charge is -2.17. The number of rotatable bonds is 2. The highest BCUT2D eigenvalue weighted by Gasteiger charge is 2.24. The second-order valence-electron chi connectivity index (χ2n) is 4.99. The summed E-state index contributed by atoms with van der Waals surface area (Å²) in [5.74, 6) is -0.261. The van der Waals surface area contributed by atoms with E-state index in [2.05, 4.69) is 0 Å². The second kappa shape index (κ2) is 4.96. The number of fused-ring (bicyclic) bond motifs is 1. The minimum absolute atomic E-state index is 0.0279. The van der Waals surface area contributed by atoms with Gasteiger partial charge in [0.05, 0.1) is 6.42 Å². The van der Waals surface area contributed by atoms with Gasteiger partial charge in [0.15, 0.2) is 0 Å². The predicted octanol–water partition coefficient (Wildman–Crippen LogP) is 2.54. The van der Waals surface area contributed by atoms with Gasteiger partial charge in [0.2, 0.25) is 5.91 Å². The van der Waals surface area contributed by atoms with Crippen molar-refractivity contribution in [3.05, 3.63) is 59.4 Å². The molecule has 3 rings (SSSR count). The van der Waals surface area contributed by atoms with E-state index in [0.717, 1.165) is 28.9 Å². The monoisotopic (exact) mass is 270 g/mol. The summed E-state index contributed by atoms with van der Waals surface area (Å²) in [6.07, 6.45) is 1.11. The molecule has 0 radical (unpaired) electrons. The Kier molecular flexibility index (Phi) is 3.14. The summed E-state index contributed by atoms with van der Waals surface area (Å²) in [6.45, 7) is 0.679. The second-order valence-corrected chi connectivity index (χ2v) is 4.99. The molecule has 0 aliphatic carbocycles. The molecule has 0 aromatic heterocycles. The maximum absolute atomic E-state index is 12.9. The first-order chi connectivity index (χ1) is 9.63. The molecule has 0 fully saturated rings. The number of nitrogen functional groups attached to an aromatic ring is 1. The van der Waals surface area contributed by atoms with Gasteiger partial charge in [-0.05, 0) is 47.9 Å². The standard InChI is InChI=1S/C16H15FN2O/c17-13-3-1-11(2-4-13)9-16(20)19-8-7-12-10-14(18)5-6-15(12)19/h1-6,10H,7-9,18H2. The molecule has 0 saturated carbocycles. The zero-order valence-corrected chi connectivity index (χ0v) is 11.0. The number of amides is 1. The molecule has 20 heavy (non-hydrogen) atoms. The molecular weight excluding hydrogens is 255 g/mol. The number of anilines is 2. The molecule has 3 nitrogen and oxygen atoms in total. The van der Waals surface area contributed by atoms with Crippen LogP contribution in [0.1, 0.15) is 11.1 Å². The van der Waals surface area contributed by atoms with Crippen molar-refractivity contribution in [2.45, 2.75) is 12.8 Å². The Bertz CT molecular complexity index is 652. The lowest BCUT2D eigenvalue weighted by atomic mass is 10.1. The molecule has 1 aliphatic rings. The van der Waals surface area contributed by atoms with Crippen LogP contribution in [0.2, 0.25) is 0 Å². The van der Waals surface area contributed by atoms with Crippen LogP contribution >= 0.6 is 0 Å². The smallest absolute Gasteiger partial charge is 0.231 e. The molecule has 1 aliphatic heterocycles. The fourth-order valence-corrected chi connectivity index (χ4v) is 2.55. The summed E-state index contributed by atoms with van der Waals surface area (Å²) in [5, 5.41) is 0. The van der Waals surface area contributed by atoms with Crippen molar-refractivity contribution in [2.75, 3.05) is 17.2 Å². The molecule has 0 bridgehead atoms. The summed E-state index contributed by atoms with van der Waals surface area (Å²) in [4.78, 5) is 14.1. The quantitative estimate of drug-likeness (QED) is 0.852. The van der Waals surface area contributed by atoms with Gasteiger partial charge in [-0.1, -0.05) is 12.1 Å². The van der Waals surface area contributed by atoms with E-state index in [0.29, 0.717) is 6.54 Å². The van der Waals surface area contributed by atoms with E-state index >= 15 is 0 Å². The van der Waals surface area contributed by atoms with E-state index in [1.165, 1.54) is 12.1 Å². The number of nitrogens with two attached hydrogens (primary N) is 1. The van der Waals surface area contributed by atoms with Crippen LogP contribution in [-0.4, -0.2) is 12.5 Å². The third-order valence-electron chi connectivity index (χ3n) is 3.57. The van der Waals surface area contributed by atoms with E-state index in [4.69, 9.17) is 5.73 Å². The van der Waals surface area contributed by atoms with E-state index in [-0.39, 0.29) is 18.1 Å². The molecule has 0 spiro atoms. The molecule has 4 heteroatoms. The van der Waals surface area contributed by atoms with Gasteiger partial charge in [0, 0.05) is 17.9 Å². The van der Waals surface area contributed by atoms with Crippen LogP contribution in [0.3, 0.4) is 0 Å². The van der Waals surface area contributed by atoms with Crippen LogP contribution in [-0.2, 0) is 17.6 Å². The minimum atomic E-state index is -0.289. The molecule has 102 valence electrons. The lowest BCUT2D eigenvalue weighted by Crippen LogP contribution is -2.30. The van der Waals surface area contributed by atoms with E-state index in [1.807, 2.05) is 18.2 Å². The third kappa shape index (κ3) is 2.37. The first-order valence-electron chi connectivity index (χ1n) is 6.57. The Hall–Kier alpha value is -2.36. The van der Waals surface area contributed by atoms with Gasteiger partial charge in [-0.15, -0.1) is 0 Å². The maximum atomic E-state index is 12.9. The van der Waals surface area contributed by atoms with Crippen LogP contribution in [0.5, 0.6) is 0 Å². The van der Waals surface area contributed by atoms with Crippen molar-refractivity contribution >= 4 is 17.3 Å². The highest BCUT2D eigenvalue weighted by molar-refractivity contribution is 5.97. The number of halogens is 1. The lowest BCUT2D eigenvalue weighted by molar-refractivity contribution is -0.117. The number of carbonyl (C=O) groups excluding carboxylic acids is 1. The Morgan fingerprint density at radius 1 is 1.20 bits per heavy atom. The number of benzene rings is 2. The highest BCUT2D eigenvalue weighted by Crippen LogP contribution is 2.30. The van der Waals surface area contributed by atoms with Gasteiger partial charge >= 0.3 is 0 Å². The number of hydrogen-bond donors (Lipinski definition) is 1.